The fourth-order valence-corrected chi connectivity index (χ4v) is 3.58. The van der Waals surface area contributed by atoms with Gasteiger partial charge in [-0.25, -0.2) is 4.79 Å². The number of carbonyl (C=O) groups is 1. The molecule has 0 fully saturated rings. The van der Waals surface area contributed by atoms with Gasteiger partial charge in [0.1, 0.15) is 4.88 Å². The number of carboxylic acid groups (broad SMARTS) is 1. The zero-order valence-electron chi connectivity index (χ0n) is 11.9. The van der Waals surface area contributed by atoms with E-state index in [1.165, 1.54) is 11.3 Å². The quantitative estimate of drug-likeness (QED) is 0.771. The van der Waals surface area contributed by atoms with Gasteiger partial charge < -0.3 is 10.5 Å². The van der Waals surface area contributed by atoms with Crippen LogP contribution in [0.2, 0.25) is 0 Å². The average molecular weight is 300 g/mol. The summed E-state index contributed by atoms with van der Waals surface area (Å²) in [6, 6.07) is 11.9. The summed E-state index contributed by atoms with van der Waals surface area (Å²) in [5.74, 6) is -0.867. The molecule has 0 aliphatic rings. The maximum absolute atomic E-state index is 11.5. The van der Waals surface area contributed by atoms with Crippen LogP contribution in [0, 0.1) is 13.8 Å². The molecule has 0 atom stereocenters. The highest BCUT2D eigenvalue weighted by molar-refractivity contribution is 7.21. The second-order valence-corrected chi connectivity index (χ2v) is 6.05. The van der Waals surface area contributed by atoms with Crippen molar-refractivity contribution in [2.45, 2.75) is 20.4 Å². The molecular weight excluding hydrogens is 284 g/mol. The summed E-state index contributed by atoms with van der Waals surface area (Å²) in [5.41, 5.74) is 6.36. The summed E-state index contributed by atoms with van der Waals surface area (Å²) in [4.78, 5) is 11.9. The Kier molecular flexibility index (Phi) is 3.43. The number of benzene rings is 1. The van der Waals surface area contributed by atoms with Gasteiger partial charge in [-0.3, -0.25) is 4.68 Å². The minimum atomic E-state index is -0.867. The molecule has 3 rings (SSSR count). The molecule has 0 saturated heterocycles. The topological polar surface area (TPSA) is 54.3 Å². The van der Waals surface area contributed by atoms with E-state index in [-0.39, 0.29) is 0 Å². The number of hydrogen-bond acceptors (Lipinski definition) is 3. The van der Waals surface area contributed by atoms with Crippen LogP contribution < -0.4 is 5.43 Å². The fourth-order valence-electron chi connectivity index (χ4n) is 2.52. The van der Waals surface area contributed by atoms with Crippen LogP contribution in [0.15, 0.2) is 36.4 Å². The number of hydrogen-bond donors (Lipinski definition) is 2. The fraction of sp³-hybridized carbons (Fsp3) is 0.188. The Hall–Kier alpha value is -2.27. The average Bonchev–Trinajstić information content (AvgIpc) is 2.98. The number of nitrogens with zero attached hydrogens (tertiary/aromatic N) is 1. The summed E-state index contributed by atoms with van der Waals surface area (Å²) < 4.78 is 2.99. The molecule has 0 spiro atoms. The Morgan fingerprint density at radius 3 is 2.52 bits per heavy atom. The maximum atomic E-state index is 11.5. The van der Waals surface area contributed by atoms with Crippen LogP contribution in [0.3, 0.4) is 0 Å². The summed E-state index contributed by atoms with van der Waals surface area (Å²) in [6.07, 6.45) is 0. The summed E-state index contributed by atoms with van der Waals surface area (Å²) >= 11 is 1.33. The van der Waals surface area contributed by atoms with E-state index in [1.54, 1.807) is 0 Å². The first-order chi connectivity index (χ1) is 10.1. The lowest BCUT2D eigenvalue weighted by atomic mass is 10.1. The molecule has 0 aliphatic heterocycles. The van der Waals surface area contributed by atoms with Gasteiger partial charge in [-0.05, 0) is 37.4 Å². The Morgan fingerprint density at radius 1 is 1.19 bits per heavy atom. The predicted molar refractivity (Wildman–Crippen MR) is 85.8 cm³/mol. The minimum absolute atomic E-state index is 0.408. The summed E-state index contributed by atoms with van der Waals surface area (Å²) in [5, 5.41) is 10.4. The van der Waals surface area contributed by atoms with Crippen molar-refractivity contribution in [3.05, 3.63) is 58.2 Å². The van der Waals surface area contributed by atoms with E-state index in [1.807, 2.05) is 54.9 Å². The molecule has 3 aromatic rings. The highest BCUT2D eigenvalue weighted by Crippen LogP contribution is 2.31. The second-order valence-electron chi connectivity index (χ2n) is 5.00. The zero-order valence-corrected chi connectivity index (χ0v) is 12.7. The number of aryl methyl sites for hydroxylation is 2. The first kappa shape index (κ1) is 13.7. The molecular formula is C16H16N2O2S. The van der Waals surface area contributed by atoms with Crippen molar-refractivity contribution in [2.24, 2.45) is 0 Å². The number of thiophene rings is 1. The van der Waals surface area contributed by atoms with Crippen LogP contribution in [-0.2, 0) is 6.54 Å². The molecule has 2 aromatic heterocycles. The van der Waals surface area contributed by atoms with Gasteiger partial charge in [-0.2, -0.15) is 0 Å². The molecule has 21 heavy (non-hydrogen) atoms. The van der Waals surface area contributed by atoms with Gasteiger partial charge in [0.05, 0.1) is 6.54 Å². The van der Waals surface area contributed by atoms with Crippen LogP contribution >= 0.6 is 11.3 Å². The van der Waals surface area contributed by atoms with Gasteiger partial charge >= 0.3 is 5.97 Å². The molecule has 2 N–H and O–H groups in total. The van der Waals surface area contributed by atoms with Crippen molar-refractivity contribution >= 4 is 27.4 Å². The van der Waals surface area contributed by atoms with Crippen LogP contribution in [0.1, 0.15) is 26.6 Å². The molecule has 4 nitrogen and oxygen atoms in total. The van der Waals surface area contributed by atoms with E-state index in [0.29, 0.717) is 11.4 Å². The maximum Gasteiger partial charge on any atom is 0.346 e. The van der Waals surface area contributed by atoms with E-state index in [0.717, 1.165) is 27.0 Å². The molecule has 0 amide bonds. The summed E-state index contributed by atoms with van der Waals surface area (Å²) in [7, 11) is 0. The van der Waals surface area contributed by atoms with Gasteiger partial charge in [-0.15, -0.1) is 11.3 Å². The van der Waals surface area contributed by atoms with Crippen LogP contribution in [-0.4, -0.2) is 15.8 Å². The lowest BCUT2D eigenvalue weighted by Gasteiger charge is -2.13. The normalized spacial score (nSPS) is 11.0. The SMILES string of the molecule is Cc1ccc(C)n1NCc1c(C(=O)O)sc2ccccc12. The summed E-state index contributed by atoms with van der Waals surface area (Å²) in [6.45, 7) is 4.52. The van der Waals surface area contributed by atoms with Gasteiger partial charge in [0.2, 0.25) is 0 Å². The van der Waals surface area contributed by atoms with Crippen LogP contribution in [0.25, 0.3) is 10.1 Å². The smallest absolute Gasteiger partial charge is 0.346 e. The van der Waals surface area contributed by atoms with E-state index >= 15 is 0 Å². The van der Waals surface area contributed by atoms with E-state index in [4.69, 9.17) is 0 Å². The predicted octanol–water partition coefficient (Wildman–Crippen LogP) is 3.76. The number of aromatic nitrogens is 1. The largest absolute Gasteiger partial charge is 0.477 e. The number of fused-ring (bicyclic) bond motifs is 1. The van der Waals surface area contributed by atoms with E-state index in [2.05, 4.69) is 5.43 Å². The lowest BCUT2D eigenvalue weighted by Crippen LogP contribution is -2.17. The number of nitrogens with one attached hydrogen (secondary N) is 1. The number of carboxylic acids is 1. The molecule has 5 heteroatoms. The molecule has 0 unspecified atom stereocenters. The number of aromatic carboxylic acids is 1. The van der Waals surface area contributed by atoms with Crippen LogP contribution in [0.4, 0.5) is 0 Å². The van der Waals surface area contributed by atoms with Crippen molar-refractivity contribution in [1.82, 2.24) is 4.68 Å². The molecule has 0 radical (unpaired) electrons. The standard InChI is InChI=1S/C16H16N2O2S/c1-10-7-8-11(2)18(10)17-9-13-12-5-3-4-6-14(12)21-15(13)16(19)20/h3-8,17H,9H2,1-2H3,(H,19,20). The Morgan fingerprint density at radius 2 is 1.86 bits per heavy atom. The van der Waals surface area contributed by atoms with E-state index < -0.39 is 5.97 Å². The molecule has 2 heterocycles. The molecule has 108 valence electrons. The monoisotopic (exact) mass is 300 g/mol. The highest BCUT2D eigenvalue weighted by Gasteiger charge is 2.17. The van der Waals surface area contributed by atoms with Crippen LogP contribution in [0.5, 0.6) is 0 Å². The second kappa shape index (κ2) is 5.26. The van der Waals surface area contributed by atoms with E-state index in [9.17, 15) is 9.90 Å². The van der Waals surface area contributed by atoms with Crippen molar-refractivity contribution in [3.63, 3.8) is 0 Å². The molecule has 1 aromatic carbocycles. The number of rotatable bonds is 4. The molecule has 0 saturated carbocycles. The van der Waals surface area contributed by atoms with Crippen molar-refractivity contribution in [3.8, 4) is 0 Å². The molecule has 0 bridgehead atoms. The van der Waals surface area contributed by atoms with Gasteiger partial charge in [0.25, 0.3) is 0 Å². The highest BCUT2D eigenvalue weighted by atomic mass is 32.1. The Balaban J connectivity index is 1.99. The Labute approximate surface area is 126 Å². The zero-order chi connectivity index (χ0) is 15.0. The third-order valence-corrected chi connectivity index (χ3v) is 4.78. The molecule has 0 aliphatic carbocycles. The minimum Gasteiger partial charge on any atom is -0.477 e. The van der Waals surface area contributed by atoms with Gasteiger partial charge in [-0.1, -0.05) is 18.2 Å². The van der Waals surface area contributed by atoms with Crippen molar-refractivity contribution < 1.29 is 9.90 Å². The van der Waals surface area contributed by atoms with Gasteiger partial charge in [0, 0.05) is 21.7 Å². The third-order valence-electron chi connectivity index (χ3n) is 3.58. The van der Waals surface area contributed by atoms with Gasteiger partial charge in [0.15, 0.2) is 0 Å². The van der Waals surface area contributed by atoms with Crippen molar-refractivity contribution in [1.29, 1.82) is 0 Å². The lowest BCUT2D eigenvalue weighted by molar-refractivity contribution is 0.0701. The third kappa shape index (κ3) is 2.40. The Bertz CT molecular complexity index is 797. The van der Waals surface area contributed by atoms with Crippen molar-refractivity contribution in [2.75, 3.05) is 5.43 Å². The first-order valence-corrected chi connectivity index (χ1v) is 7.52. The first-order valence-electron chi connectivity index (χ1n) is 6.70.